The predicted molar refractivity (Wildman–Crippen MR) is 348 cm³/mol. The van der Waals surface area contributed by atoms with E-state index in [0.717, 1.165) is 109 Å². The Morgan fingerprint density at radius 1 is 0.263 bits per heavy atom. The van der Waals surface area contributed by atoms with Crippen LogP contribution in [0.15, 0.2) is 158 Å². The van der Waals surface area contributed by atoms with E-state index in [1.807, 2.05) is 12.2 Å². The number of hydrogen-bond donors (Lipinski definition) is 0. The lowest BCUT2D eigenvalue weighted by Gasteiger charge is -2.18. The topological polar surface area (TPSA) is 78.9 Å². The molecular formula is C74H118O6. The Morgan fingerprint density at radius 2 is 0.512 bits per heavy atom. The van der Waals surface area contributed by atoms with Gasteiger partial charge >= 0.3 is 17.9 Å². The second kappa shape index (κ2) is 66.5. The van der Waals surface area contributed by atoms with Gasteiger partial charge in [0.2, 0.25) is 0 Å². The summed E-state index contributed by atoms with van der Waals surface area (Å²) in [5.74, 6) is -1.07. The third kappa shape index (κ3) is 63.9. The number of allylic oxidation sites excluding steroid dienone is 26. The van der Waals surface area contributed by atoms with Crippen LogP contribution in [-0.4, -0.2) is 37.2 Å². The first-order valence-corrected chi connectivity index (χ1v) is 32.5. The largest absolute Gasteiger partial charge is 0.462 e. The van der Waals surface area contributed by atoms with Crippen molar-refractivity contribution in [2.24, 2.45) is 0 Å². The first kappa shape index (κ1) is 75.0. The predicted octanol–water partition coefficient (Wildman–Crippen LogP) is 22.5. The maximum atomic E-state index is 12.9. The number of unbranched alkanes of at least 4 members (excludes halogenated alkanes) is 20. The smallest absolute Gasteiger partial charge is 0.306 e. The lowest BCUT2D eigenvalue weighted by atomic mass is 10.0. The van der Waals surface area contributed by atoms with Crippen molar-refractivity contribution in [3.8, 4) is 0 Å². The summed E-state index contributed by atoms with van der Waals surface area (Å²) in [5, 5.41) is 0. The van der Waals surface area contributed by atoms with Crippen LogP contribution in [0.4, 0.5) is 0 Å². The first-order chi connectivity index (χ1) is 39.5. The number of rotatable bonds is 57. The minimum absolute atomic E-state index is 0.134. The third-order valence-electron chi connectivity index (χ3n) is 13.3. The van der Waals surface area contributed by atoms with E-state index >= 15 is 0 Å². The highest BCUT2D eigenvalue weighted by molar-refractivity contribution is 5.71. The van der Waals surface area contributed by atoms with Crippen LogP contribution in [-0.2, 0) is 28.6 Å². The van der Waals surface area contributed by atoms with E-state index < -0.39 is 6.10 Å². The van der Waals surface area contributed by atoms with Crippen LogP contribution in [0.2, 0.25) is 0 Å². The molecule has 0 heterocycles. The van der Waals surface area contributed by atoms with Crippen molar-refractivity contribution in [3.63, 3.8) is 0 Å². The van der Waals surface area contributed by atoms with Gasteiger partial charge in [-0.3, -0.25) is 14.4 Å². The Morgan fingerprint density at radius 3 is 0.825 bits per heavy atom. The molecule has 0 aromatic carbocycles. The summed E-state index contributed by atoms with van der Waals surface area (Å²) in [5.41, 5.74) is 0. The molecule has 0 N–H and O–H groups in total. The molecule has 1 atom stereocenters. The molecule has 0 rings (SSSR count). The summed E-state index contributed by atoms with van der Waals surface area (Å²) >= 11 is 0. The number of ether oxygens (including phenoxy) is 3. The zero-order valence-corrected chi connectivity index (χ0v) is 51.5. The summed E-state index contributed by atoms with van der Waals surface area (Å²) in [6.45, 7) is 6.31. The SMILES string of the molecule is CC/C=C\C/C=C\C/C=C\C/C=C\C/C=C\C/C=C\C/C=C\C/C=C\C/C=C\CCCC(=O)OCC(COC(=O)CC/C=C\C/C=C\C/C=C\C/C=C\CC)OC(=O)CCCCCCCCCCCCCCCCCCCCCC. The molecule has 0 radical (unpaired) electrons. The van der Waals surface area contributed by atoms with Crippen molar-refractivity contribution in [2.45, 2.75) is 277 Å². The Hall–Kier alpha value is -4.97. The molecule has 0 spiro atoms. The molecule has 0 aliphatic rings. The summed E-state index contributed by atoms with van der Waals surface area (Å²) in [6.07, 6.45) is 97.1. The average Bonchev–Trinajstić information content (AvgIpc) is 3.46. The van der Waals surface area contributed by atoms with E-state index in [1.54, 1.807) is 0 Å². The van der Waals surface area contributed by atoms with Crippen LogP contribution >= 0.6 is 0 Å². The molecule has 450 valence electrons. The third-order valence-corrected chi connectivity index (χ3v) is 13.3. The lowest BCUT2D eigenvalue weighted by molar-refractivity contribution is -0.166. The summed E-state index contributed by atoms with van der Waals surface area (Å²) in [4.78, 5) is 38.2. The molecule has 6 heteroatoms. The number of carbonyl (C=O) groups excluding carboxylic acids is 3. The second-order valence-electron chi connectivity index (χ2n) is 20.9. The van der Waals surface area contributed by atoms with Gasteiger partial charge in [0.15, 0.2) is 6.10 Å². The molecule has 0 amide bonds. The van der Waals surface area contributed by atoms with Crippen molar-refractivity contribution in [2.75, 3.05) is 13.2 Å². The average molecular weight is 1100 g/mol. The van der Waals surface area contributed by atoms with Gasteiger partial charge in [-0.05, 0) is 109 Å². The van der Waals surface area contributed by atoms with Crippen LogP contribution in [0.1, 0.15) is 271 Å². The van der Waals surface area contributed by atoms with Gasteiger partial charge in [0, 0.05) is 19.3 Å². The highest BCUT2D eigenvalue weighted by atomic mass is 16.6. The molecule has 1 unspecified atom stereocenters. The summed E-state index contributed by atoms with van der Waals surface area (Å²) in [6, 6.07) is 0. The highest BCUT2D eigenvalue weighted by Gasteiger charge is 2.19. The van der Waals surface area contributed by atoms with E-state index in [4.69, 9.17) is 14.2 Å². The zero-order valence-electron chi connectivity index (χ0n) is 51.5. The molecule has 0 aliphatic carbocycles. The fourth-order valence-corrected chi connectivity index (χ4v) is 8.52. The molecule has 0 aromatic rings. The van der Waals surface area contributed by atoms with Gasteiger partial charge in [-0.25, -0.2) is 0 Å². The minimum Gasteiger partial charge on any atom is -0.462 e. The van der Waals surface area contributed by atoms with E-state index in [9.17, 15) is 14.4 Å². The fraction of sp³-hybridized carbons (Fsp3) is 0.608. The van der Waals surface area contributed by atoms with Crippen LogP contribution in [0, 0.1) is 0 Å². The van der Waals surface area contributed by atoms with E-state index in [1.165, 1.54) is 109 Å². The number of hydrogen-bond acceptors (Lipinski definition) is 6. The Labute approximate surface area is 492 Å². The molecular weight excluding hydrogens is 985 g/mol. The molecule has 0 aliphatic heterocycles. The standard InChI is InChI=1S/C74H118O6/c1-4-7-10-13-16-19-22-25-27-29-31-33-34-35-36-37-38-39-40-41-43-44-46-49-52-55-58-61-64-67-73(76)79-70-71(69-78-72(75)66-63-60-57-54-51-48-24-21-18-15-12-9-6-3)80-74(77)68-65-62-59-56-53-50-47-45-42-32-30-28-26-23-20-17-14-11-8-5-2/h7,9-10,12,16,18-19,21,25,27,31,33,35-36,38-39,41,43,46,48-49,51,55,57-58,60,71H,4-6,8,11,13-15,17,20,22-24,26,28-30,32,34,37,40,42,44-45,47,50,52-54,56,59,61-70H2,1-3H3/b10-7-,12-9-,19-16-,21-18-,27-25-,33-31-,36-35-,39-38-,43-41-,49-46-,51-48-,58-55-,60-57-. The summed E-state index contributed by atoms with van der Waals surface area (Å²) < 4.78 is 16.8. The lowest BCUT2D eigenvalue weighted by Crippen LogP contribution is -2.30. The Bertz CT molecular complexity index is 1790. The van der Waals surface area contributed by atoms with Gasteiger partial charge in [0.25, 0.3) is 0 Å². The van der Waals surface area contributed by atoms with Gasteiger partial charge in [-0.15, -0.1) is 0 Å². The number of carbonyl (C=O) groups is 3. The van der Waals surface area contributed by atoms with Crippen molar-refractivity contribution in [1.29, 1.82) is 0 Å². The molecule has 0 bridgehead atoms. The van der Waals surface area contributed by atoms with Crippen LogP contribution in [0.3, 0.4) is 0 Å². The molecule has 80 heavy (non-hydrogen) atoms. The molecule has 0 saturated carbocycles. The van der Waals surface area contributed by atoms with Crippen molar-refractivity contribution < 1.29 is 28.6 Å². The van der Waals surface area contributed by atoms with Gasteiger partial charge in [0.1, 0.15) is 13.2 Å². The summed E-state index contributed by atoms with van der Waals surface area (Å²) in [7, 11) is 0. The van der Waals surface area contributed by atoms with Crippen LogP contribution in [0.25, 0.3) is 0 Å². The maximum Gasteiger partial charge on any atom is 0.306 e. The van der Waals surface area contributed by atoms with Crippen molar-refractivity contribution in [3.05, 3.63) is 158 Å². The maximum absolute atomic E-state index is 12.9. The Balaban J connectivity index is 4.48. The van der Waals surface area contributed by atoms with Crippen LogP contribution < -0.4 is 0 Å². The Kier molecular flexibility index (Phi) is 62.4. The van der Waals surface area contributed by atoms with Crippen molar-refractivity contribution >= 4 is 17.9 Å². The molecule has 0 saturated heterocycles. The van der Waals surface area contributed by atoms with Gasteiger partial charge < -0.3 is 14.2 Å². The molecule has 0 fully saturated rings. The number of esters is 3. The van der Waals surface area contributed by atoms with Crippen LogP contribution in [0.5, 0.6) is 0 Å². The first-order valence-electron chi connectivity index (χ1n) is 32.5. The molecule has 6 nitrogen and oxygen atoms in total. The van der Waals surface area contributed by atoms with Gasteiger partial charge in [-0.2, -0.15) is 0 Å². The van der Waals surface area contributed by atoms with Gasteiger partial charge in [-0.1, -0.05) is 301 Å². The quantitative estimate of drug-likeness (QED) is 0.0261. The second-order valence-corrected chi connectivity index (χ2v) is 20.9. The van der Waals surface area contributed by atoms with E-state index in [-0.39, 0.29) is 44.0 Å². The highest BCUT2D eigenvalue weighted by Crippen LogP contribution is 2.16. The molecule has 0 aromatic heterocycles. The van der Waals surface area contributed by atoms with Gasteiger partial charge in [0.05, 0.1) is 0 Å². The van der Waals surface area contributed by atoms with E-state index in [0.29, 0.717) is 19.3 Å². The minimum atomic E-state index is -0.837. The normalized spacial score (nSPS) is 13.2. The van der Waals surface area contributed by atoms with E-state index in [2.05, 4.69) is 167 Å². The fourth-order valence-electron chi connectivity index (χ4n) is 8.52. The zero-order chi connectivity index (χ0) is 57.8. The van der Waals surface area contributed by atoms with Crippen molar-refractivity contribution in [1.82, 2.24) is 0 Å². The monoisotopic (exact) mass is 1100 g/mol.